The Balaban J connectivity index is 1.82. The molecule has 0 saturated carbocycles. The number of hydrogen-bond donors (Lipinski definition) is 0. The lowest BCUT2D eigenvalue weighted by Gasteiger charge is -2.25. The van der Waals surface area contributed by atoms with Gasteiger partial charge in [0.1, 0.15) is 0 Å². The van der Waals surface area contributed by atoms with Crippen LogP contribution in [0.5, 0.6) is 0 Å². The van der Waals surface area contributed by atoms with E-state index in [1.54, 1.807) is 18.3 Å². The fourth-order valence-corrected chi connectivity index (χ4v) is 5.65. The molecule has 156 valence electrons. The number of aromatic nitrogens is 1. The van der Waals surface area contributed by atoms with Crippen molar-refractivity contribution in [2.24, 2.45) is 10.4 Å². The third-order valence-corrected chi connectivity index (χ3v) is 7.66. The van der Waals surface area contributed by atoms with Crippen molar-refractivity contribution in [2.45, 2.75) is 51.5 Å². The molecule has 0 saturated heterocycles. The lowest BCUT2D eigenvalue weighted by Crippen LogP contribution is -2.27. The summed E-state index contributed by atoms with van der Waals surface area (Å²) in [5.41, 5.74) is 4.85. The lowest BCUT2D eigenvalue weighted by molar-refractivity contribution is 0.320. The van der Waals surface area contributed by atoms with E-state index in [1.165, 1.54) is 3.97 Å². The minimum Gasteiger partial charge on any atom is -0.290 e. The molecular formula is C25H28N2O2S. The highest BCUT2D eigenvalue weighted by Crippen LogP contribution is 2.37. The topological polar surface area (TPSA) is 51.4 Å². The highest BCUT2D eigenvalue weighted by molar-refractivity contribution is 7.90. The molecule has 1 unspecified atom stereocenters. The molecule has 0 bridgehead atoms. The van der Waals surface area contributed by atoms with Crippen molar-refractivity contribution in [2.75, 3.05) is 0 Å². The number of nitrogens with zero attached hydrogens (tertiary/aromatic N) is 2. The Morgan fingerprint density at radius 3 is 2.27 bits per heavy atom. The molecular weight excluding hydrogens is 392 g/mol. The minimum atomic E-state index is -3.70. The van der Waals surface area contributed by atoms with Crippen LogP contribution in [0.4, 0.5) is 0 Å². The van der Waals surface area contributed by atoms with E-state index in [9.17, 15) is 8.42 Å². The van der Waals surface area contributed by atoms with Crippen molar-refractivity contribution < 1.29 is 8.42 Å². The molecule has 1 atom stereocenters. The van der Waals surface area contributed by atoms with E-state index in [-0.39, 0.29) is 11.5 Å². The van der Waals surface area contributed by atoms with Gasteiger partial charge in [-0.25, -0.2) is 12.4 Å². The third kappa shape index (κ3) is 3.86. The molecule has 0 spiro atoms. The summed E-state index contributed by atoms with van der Waals surface area (Å²) in [5.74, 6) is 0. The van der Waals surface area contributed by atoms with Crippen molar-refractivity contribution in [1.29, 1.82) is 0 Å². The van der Waals surface area contributed by atoms with Gasteiger partial charge in [0, 0.05) is 29.6 Å². The molecule has 1 aliphatic rings. The predicted molar refractivity (Wildman–Crippen MR) is 123 cm³/mol. The van der Waals surface area contributed by atoms with Crippen LogP contribution in [0.15, 0.2) is 76.7 Å². The van der Waals surface area contributed by atoms with E-state index in [4.69, 9.17) is 4.99 Å². The molecule has 3 aromatic rings. The van der Waals surface area contributed by atoms with E-state index >= 15 is 0 Å². The standard InChI is InChI=1S/C25H28N2O2S/c1-18-10-12-23(13-11-18)30(28,29)27-17-21(20-8-6-5-7-9-20)14-22(27)15-24-25(3,4)16-19(2)26-24/h5-14,17,24H,15-16H2,1-4H3. The van der Waals surface area contributed by atoms with Crippen LogP contribution in [-0.2, 0) is 16.4 Å². The zero-order valence-electron chi connectivity index (χ0n) is 18.0. The maximum absolute atomic E-state index is 13.5. The van der Waals surface area contributed by atoms with Gasteiger partial charge in [-0.15, -0.1) is 0 Å². The van der Waals surface area contributed by atoms with Gasteiger partial charge < -0.3 is 0 Å². The summed E-state index contributed by atoms with van der Waals surface area (Å²) in [5, 5.41) is 0. The van der Waals surface area contributed by atoms with Crippen molar-refractivity contribution in [3.8, 4) is 11.1 Å². The maximum atomic E-state index is 13.5. The molecule has 0 N–H and O–H groups in total. The maximum Gasteiger partial charge on any atom is 0.267 e. The lowest BCUT2D eigenvalue weighted by atomic mass is 9.81. The van der Waals surface area contributed by atoms with Gasteiger partial charge in [0.05, 0.1) is 10.9 Å². The van der Waals surface area contributed by atoms with E-state index in [0.717, 1.165) is 34.5 Å². The average Bonchev–Trinajstić information content (AvgIpc) is 3.23. The second-order valence-electron chi connectivity index (χ2n) is 8.95. The molecule has 30 heavy (non-hydrogen) atoms. The number of rotatable bonds is 5. The van der Waals surface area contributed by atoms with E-state index in [2.05, 4.69) is 20.8 Å². The van der Waals surface area contributed by atoms with Crippen LogP contribution in [0.1, 0.15) is 38.4 Å². The summed E-state index contributed by atoms with van der Waals surface area (Å²) in [6, 6.07) is 19.0. The molecule has 4 nitrogen and oxygen atoms in total. The van der Waals surface area contributed by atoms with Gasteiger partial charge in [-0.3, -0.25) is 4.99 Å². The fourth-order valence-electron chi connectivity index (χ4n) is 4.26. The first-order chi connectivity index (χ1) is 14.2. The minimum absolute atomic E-state index is 0.0136. The Morgan fingerprint density at radius 1 is 1.00 bits per heavy atom. The largest absolute Gasteiger partial charge is 0.290 e. The normalized spacial score (nSPS) is 18.4. The first-order valence-corrected chi connectivity index (χ1v) is 11.7. The number of benzene rings is 2. The number of hydrogen-bond acceptors (Lipinski definition) is 3. The summed E-state index contributed by atoms with van der Waals surface area (Å²) < 4.78 is 28.5. The molecule has 0 aliphatic carbocycles. The van der Waals surface area contributed by atoms with E-state index < -0.39 is 10.0 Å². The molecule has 4 rings (SSSR count). The molecule has 0 radical (unpaired) electrons. The zero-order chi connectivity index (χ0) is 21.5. The highest BCUT2D eigenvalue weighted by Gasteiger charge is 2.36. The van der Waals surface area contributed by atoms with E-state index in [0.29, 0.717) is 11.3 Å². The van der Waals surface area contributed by atoms with Gasteiger partial charge in [0.2, 0.25) is 0 Å². The van der Waals surface area contributed by atoms with Crippen LogP contribution in [0, 0.1) is 12.3 Å². The predicted octanol–water partition coefficient (Wildman–Crippen LogP) is 5.50. The van der Waals surface area contributed by atoms with E-state index in [1.807, 2.05) is 55.5 Å². The monoisotopic (exact) mass is 420 g/mol. The van der Waals surface area contributed by atoms with Crippen molar-refractivity contribution >= 4 is 15.7 Å². The van der Waals surface area contributed by atoms with Gasteiger partial charge in [0.15, 0.2) is 0 Å². The van der Waals surface area contributed by atoms with Crippen LogP contribution >= 0.6 is 0 Å². The Hall–Kier alpha value is -2.66. The first kappa shape index (κ1) is 20.6. The summed E-state index contributed by atoms with van der Waals surface area (Å²) in [6.07, 6.45) is 3.27. The van der Waals surface area contributed by atoms with Crippen LogP contribution in [0.2, 0.25) is 0 Å². The van der Waals surface area contributed by atoms with Crippen LogP contribution in [0.3, 0.4) is 0 Å². The second kappa shape index (κ2) is 7.55. The Morgan fingerprint density at radius 2 is 1.67 bits per heavy atom. The average molecular weight is 421 g/mol. The van der Waals surface area contributed by atoms with Crippen LogP contribution < -0.4 is 0 Å². The Bertz CT molecular complexity index is 1190. The Labute approximate surface area is 179 Å². The summed E-state index contributed by atoms with van der Waals surface area (Å²) >= 11 is 0. The first-order valence-electron chi connectivity index (χ1n) is 10.3. The van der Waals surface area contributed by atoms with Gasteiger partial charge >= 0.3 is 0 Å². The molecule has 5 heteroatoms. The quantitative estimate of drug-likeness (QED) is 0.547. The highest BCUT2D eigenvalue weighted by atomic mass is 32.2. The van der Waals surface area contributed by atoms with Crippen molar-refractivity contribution in [3.05, 3.63) is 78.1 Å². The number of aliphatic imine (C=N–C) groups is 1. The summed E-state index contributed by atoms with van der Waals surface area (Å²) in [7, 11) is -3.70. The van der Waals surface area contributed by atoms with Crippen LogP contribution in [-0.4, -0.2) is 24.1 Å². The van der Waals surface area contributed by atoms with Crippen molar-refractivity contribution in [3.63, 3.8) is 0 Å². The smallest absolute Gasteiger partial charge is 0.267 e. The molecule has 1 aromatic heterocycles. The van der Waals surface area contributed by atoms with Gasteiger partial charge in [-0.05, 0) is 49.4 Å². The third-order valence-electron chi connectivity index (χ3n) is 5.94. The summed E-state index contributed by atoms with van der Waals surface area (Å²) in [6.45, 7) is 8.42. The van der Waals surface area contributed by atoms with Crippen LogP contribution in [0.25, 0.3) is 11.1 Å². The second-order valence-corrected chi connectivity index (χ2v) is 10.8. The SMILES string of the molecule is CC1=NC(Cc2cc(-c3ccccc3)cn2S(=O)(=O)c2ccc(C)cc2)C(C)(C)C1. The van der Waals surface area contributed by atoms with Gasteiger partial charge in [-0.1, -0.05) is 61.9 Å². The molecule has 2 aromatic carbocycles. The van der Waals surface area contributed by atoms with Gasteiger partial charge in [-0.2, -0.15) is 0 Å². The molecule has 2 heterocycles. The Kier molecular flexibility index (Phi) is 5.18. The zero-order valence-corrected chi connectivity index (χ0v) is 18.8. The van der Waals surface area contributed by atoms with Gasteiger partial charge in [0.25, 0.3) is 10.0 Å². The number of aryl methyl sites for hydroxylation is 1. The molecule has 0 fully saturated rings. The molecule has 1 aliphatic heterocycles. The fraction of sp³-hybridized carbons (Fsp3) is 0.320. The van der Waals surface area contributed by atoms with Crippen molar-refractivity contribution in [1.82, 2.24) is 3.97 Å². The molecule has 0 amide bonds. The summed E-state index contributed by atoms with van der Waals surface area (Å²) in [4.78, 5) is 5.14.